The van der Waals surface area contributed by atoms with E-state index in [2.05, 4.69) is 0 Å². The number of ketones is 1. The maximum atomic E-state index is 11.9. The van der Waals surface area contributed by atoms with Crippen LogP contribution in [0.4, 0.5) is 0 Å². The van der Waals surface area contributed by atoms with E-state index < -0.39 is 23.6 Å². The molecule has 0 unspecified atom stereocenters. The van der Waals surface area contributed by atoms with Gasteiger partial charge in [0, 0.05) is 13.5 Å². The number of rotatable bonds is 11. The molecule has 0 aliphatic heterocycles. The number of Topliss-reactive ketones (excluding diaryl/α,β-unsaturated/α-hetero) is 1. The zero-order valence-corrected chi connectivity index (χ0v) is 12.2. The Morgan fingerprint density at radius 2 is 1.45 bits per heavy atom. The summed E-state index contributed by atoms with van der Waals surface area (Å²) >= 11 is 0. The summed E-state index contributed by atoms with van der Waals surface area (Å²) in [6.45, 7) is 4.23. The maximum absolute atomic E-state index is 11.9. The summed E-state index contributed by atoms with van der Waals surface area (Å²) in [6.07, 6.45) is -0.0635. The Morgan fingerprint density at radius 1 is 0.900 bits per heavy atom. The van der Waals surface area contributed by atoms with E-state index in [1.807, 2.05) is 0 Å². The number of methoxy groups -OCH3 is 1. The highest BCUT2D eigenvalue weighted by Crippen LogP contribution is 2.08. The second-order valence-corrected chi connectivity index (χ2v) is 3.76. The highest BCUT2D eigenvalue weighted by atomic mass is 16.6. The van der Waals surface area contributed by atoms with E-state index in [4.69, 9.17) is 18.9 Å². The molecule has 0 atom stereocenters. The summed E-state index contributed by atoms with van der Waals surface area (Å²) < 4.78 is 19.3. The third kappa shape index (κ3) is 7.20. The fourth-order valence-corrected chi connectivity index (χ4v) is 1.37. The van der Waals surface area contributed by atoms with Crippen molar-refractivity contribution in [1.82, 2.24) is 0 Å². The molecule has 0 aromatic carbocycles. The Labute approximate surface area is 118 Å². The van der Waals surface area contributed by atoms with Crippen molar-refractivity contribution in [3.63, 3.8) is 0 Å². The van der Waals surface area contributed by atoms with Gasteiger partial charge in [0.1, 0.15) is 0 Å². The van der Waals surface area contributed by atoms with Gasteiger partial charge in [-0.1, -0.05) is 0 Å². The Balaban J connectivity index is 4.40. The molecule has 0 aliphatic carbocycles. The normalized spacial score (nSPS) is 10.4. The Morgan fingerprint density at radius 3 is 1.90 bits per heavy atom. The molecule has 0 aliphatic rings. The van der Waals surface area contributed by atoms with Gasteiger partial charge in [-0.05, 0) is 13.8 Å². The number of carbonyl (C=O) groups excluding carboxylic acids is 3. The first-order valence-corrected chi connectivity index (χ1v) is 6.51. The molecule has 0 aromatic heterocycles. The van der Waals surface area contributed by atoms with Crippen LogP contribution in [0.5, 0.6) is 0 Å². The molecule has 0 N–H and O–H groups in total. The van der Waals surface area contributed by atoms with Gasteiger partial charge in [0.25, 0.3) is 0 Å². The minimum Gasteiger partial charge on any atom is -0.465 e. The van der Waals surface area contributed by atoms with Crippen LogP contribution in [0, 0.1) is 5.92 Å². The van der Waals surface area contributed by atoms with Crippen molar-refractivity contribution < 1.29 is 33.3 Å². The average Bonchev–Trinajstić information content (AvgIpc) is 2.39. The highest BCUT2D eigenvalue weighted by molar-refractivity contribution is 6.14. The molecule has 0 amide bonds. The van der Waals surface area contributed by atoms with Gasteiger partial charge in [0.15, 0.2) is 5.78 Å². The summed E-state index contributed by atoms with van der Waals surface area (Å²) in [5.41, 5.74) is 0. The van der Waals surface area contributed by atoms with E-state index in [9.17, 15) is 14.4 Å². The molecule has 0 spiro atoms. The molecule has 0 rings (SSSR count). The van der Waals surface area contributed by atoms with Crippen LogP contribution in [0.15, 0.2) is 0 Å². The second kappa shape index (κ2) is 11.4. The van der Waals surface area contributed by atoms with Crippen LogP contribution in [-0.2, 0) is 33.3 Å². The lowest BCUT2D eigenvalue weighted by Crippen LogP contribution is -2.35. The Bertz CT molecular complexity index is 296. The van der Waals surface area contributed by atoms with Crippen molar-refractivity contribution >= 4 is 17.7 Å². The molecular formula is C13H22O7. The van der Waals surface area contributed by atoms with Crippen LogP contribution in [0.25, 0.3) is 0 Å². The summed E-state index contributed by atoms with van der Waals surface area (Å²) in [6, 6.07) is 0. The standard InChI is InChI=1S/C13H22O7/c1-4-19-12(15)11(13(16)20-5-2)10(14)6-7-18-9-8-17-3/h11H,4-9H2,1-3H3. The third-order valence-corrected chi connectivity index (χ3v) is 2.29. The monoisotopic (exact) mass is 290 g/mol. The Hall–Kier alpha value is -1.47. The SMILES string of the molecule is CCOC(=O)C(C(=O)CCOCCOC)C(=O)OCC. The topological polar surface area (TPSA) is 88.1 Å². The van der Waals surface area contributed by atoms with E-state index in [1.165, 1.54) is 7.11 Å². The quantitative estimate of drug-likeness (QED) is 0.308. The molecule has 116 valence electrons. The van der Waals surface area contributed by atoms with Gasteiger partial charge >= 0.3 is 11.9 Å². The van der Waals surface area contributed by atoms with Crippen LogP contribution in [0.3, 0.4) is 0 Å². The van der Waals surface area contributed by atoms with Crippen molar-refractivity contribution in [2.75, 3.05) is 40.1 Å². The number of hydrogen-bond acceptors (Lipinski definition) is 7. The van der Waals surface area contributed by atoms with Gasteiger partial charge < -0.3 is 18.9 Å². The molecule has 0 aromatic rings. The van der Waals surface area contributed by atoms with Crippen molar-refractivity contribution in [3.05, 3.63) is 0 Å². The third-order valence-electron chi connectivity index (χ3n) is 2.29. The fraction of sp³-hybridized carbons (Fsp3) is 0.769. The summed E-state index contributed by atoms with van der Waals surface area (Å²) in [7, 11) is 1.53. The highest BCUT2D eigenvalue weighted by Gasteiger charge is 2.36. The lowest BCUT2D eigenvalue weighted by atomic mass is 10.0. The molecule has 0 saturated heterocycles. The number of hydrogen-bond donors (Lipinski definition) is 0. The lowest BCUT2D eigenvalue weighted by molar-refractivity contribution is -0.164. The van der Waals surface area contributed by atoms with Crippen LogP contribution < -0.4 is 0 Å². The van der Waals surface area contributed by atoms with Gasteiger partial charge in [0.2, 0.25) is 5.92 Å². The Kier molecular flexibility index (Phi) is 10.5. The van der Waals surface area contributed by atoms with Gasteiger partial charge in [-0.3, -0.25) is 14.4 Å². The van der Waals surface area contributed by atoms with Crippen molar-refractivity contribution in [2.45, 2.75) is 20.3 Å². The van der Waals surface area contributed by atoms with Crippen molar-refractivity contribution in [1.29, 1.82) is 0 Å². The molecule has 0 bridgehead atoms. The van der Waals surface area contributed by atoms with Gasteiger partial charge in [-0.15, -0.1) is 0 Å². The largest absolute Gasteiger partial charge is 0.465 e. The summed E-state index contributed by atoms with van der Waals surface area (Å²) in [5.74, 6) is -3.86. The predicted octanol–water partition coefficient (Wildman–Crippen LogP) is 0.351. The minimum absolute atomic E-state index is 0.0635. The van der Waals surface area contributed by atoms with E-state index in [0.29, 0.717) is 13.2 Å². The number of carbonyl (C=O) groups is 3. The zero-order chi connectivity index (χ0) is 15.4. The first-order valence-electron chi connectivity index (χ1n) is 6.51. The predicted molar refractivity (Wildman–Crippen MR) is 69.1 cm³/mol. The fourth-order valence-electron chi connectivity index (χ4n) is 1.37. The lowest BCUT2D eigenvalue weighted by Gasteiger charge is -2.13. The molecule has 7 heteroatoms. The number of esters is 2. The van der Waals surface area contributed by atoms with Gasteiger partial charge in [-0.2, -0.15) is 0 Å². The van der Waals surface area contributed by atoms with Crippen LogP contribution in [0.1, 0.15) is 20.3 Å². The van der Waals surface area contributed by atoms with E-state index in [0.717, 1.165) is 0 Å². The number of ether oxygens (including phenoxy) is 4. The van der Waals surface area contributed by atoms with Gasteiger partial charge in [0.05, 0.1) is 33.0 Å². The molecule has 0 fully saturated rings. The van der Waals surface area contributed by atoms with Crippen LogP contribution >= 0.6 is 0 Å². The molecule has 0 heterocycles. The van der Waals surface area contributed by atoms with E-state index >= 15 is 0 Å². The van der Waals surface area contributed by atoms with Crippen molar-refractivity contribution in [2.24, 2.45) is 5.92 Å². The smallest absolute Gasteiger partial charge is 0.328 e. The summed E-state index contributed by atoms with van der Waals surface area (Å²) in [5, 5.41) is 0. The molecular weight excluding hydrogens is 268 g/mol. The van der Waals surface area contributed by atoms with E-state index in [-0.39, 0.29) is 26.2 Å². The minimum atomic E-state index is -1.53. The molecule has 7 nitrogen and oxygen atoms in total. The molecule has 0 radical (unpaired) electrons. The maximum Gasteiger partial charge on any atom is 0.328 e. The van der Waals surface area contributed by atoms with E-state index in [1.54, 1.807) is 13.8 Å². The van der Waals surface area contributed by atoms with Gasteiger partial charge in [-0.25, -0.2) is 0 Å². The first kappa shape index (κ1) is 18.5. The second-order valence-electron chi connectivity index (χ2n) is 3.76. The molecule has 0 saturated carbocycles. The zero-order valence-electron chi connectivity index (χ0n) is 12.2. The van der Waals surface area contributed by atoms with Crippen molar-refractivity contribution in [3.8, 4) is 0 Å². The first-order chi connectivity index (χ1) is 9.58. The molecule has 20 heavy (non-hydrogen) atoms. The summed E-state index contributed by atoms with van der Waals surface area (Å²) in [4.78, 5) is 35.2. The van der Waals surface area contributed by atoms with Crippen LogP contribution in [0.2, 0.25) is 0 Å². The average molecular weight is 290 g/mol. The van der Waals surface area contributed by atoms with Crippen LogP contribution in [-0.4, -0.2) is 57.9 Å².